The van der Waals surface area contributed by atoms with Crippen LogP contribution in [0.4, 0.5) is 0 Å². The number of nitrogens with two attached hydrogens (primary N) is 1. The number of para-hydroxylation sites is 1. The molecule has 1 aromatic rings. The predicted octanol–water partition coefficient (Wildman–Crippen LogP) is 3.56. The molecule has 0 spiro atoms. The van der Waals surface area contributed by atoms with Crippen molar-refractivity contribution in [3.8, 4) is 5.75 Å². The van der Waals surface area contributed by atoms with E-state index in [0.717, 1.165) is 38.1 Å². The van der Waals surface area contributed by atoms with E-state index in [1.165, 1.54) is 24.8 Å². The van der Waals surface area contributed by atoms with Gasteiger partial charge in [0.1, 0.15) is 5.75 Å². The van der Waals surface area contributed by atoms with Gasteiger partial charge >= 0.3 is 0 Å². The predicted molar refractivity (Wildman–Crippen MR) is 119 cm³/mol. The lowest BCUT2D eigenvalue weighted by atomic mass is 9.95. The monoisotopic (exact) mass is 431 g/mol. The number of likely N-dealkylation sites (tertiary alicyclic amines) is 1. The molecule has 5 nitrogen and oxygen atoms in total. The number of benzene rings is 1. The molecule has 2 aliphatic rings. The van der Waals surface area contributed by atoms with E-state index in [2.05, 4.69) is 22.3 Å². The molecule has 1 heterocycles. The van der Waals surface area contributed by atoms with Crippen LogP contribution in [0.15, 0.2) is 24.3 Å². The summed E-state index contributed by atoms with van der Waals surface area (Å²) >= 11 is 0. The van der Waals surface area contributed by atoms with E-state index in [0.29, 0.717) is 19.0 Å². The van der Waals surface area contributed by atoms with Gasteiger partial charge in [-0.3, -0.25) is 9.69 Å². The first-order valence-corrected chi connectivity index (χ1v) is 10.1. The highest BCUT2D eigenvalue weighted by Crippen LogP contribution is 2.33. The summed E-state index contributed by atoms with van der Waals surface area (Å²) < 4.78 is 5.60. The Labute approximate surface area is 181 Å². The van der Waals surface area contributed by atoms with Crippen LogP contribution < -0.4 is 15.8 Å². The van der Waals surface area contributed by atoms with E-state index in [1.807, 2.05) is 12.1 Å². The van der Waals surface area contributed by atoms with Crippen molar-refractivity contribution in [2.75, 3.05) is 33.3 Å². The van der Waals surface area contributed by atoms with Gasteiger partial charge in [-0.2, -0.15) is 0 Å². The fraction of sp³-hybridized carbons (Fsp3) is 0.667. The van der Waals surface area contributed by atoms with Crippen molar-refractivity contribution in [3.63, 3.8) is 0 Å². The number of rotatable bonds is 7. The quantitative estimate of drug-likeness (QED) is 0.692. The molecule has 1 aromatic carbocycles. The van der Waals surface area contributed by atoms with Gasteiger partial charge < -0.3 is 15.8 Å². The molecule has 160 valence electrons. The molecule has 1 unspecified atom stereocenters. The van der Waals surface area contributed by atoms with Crippen molar-refractivity contribution >= 4 is 30.7 Å². The number of halogens is 2. The van der Waals surface area contributed by atoms with Crippen molar-refractivity contribution < 1.29 is 9.53 Å². The van der Waals surface area contributed by atoms with Gasteiger partial charge in [0.15, 0.2) is 0 Å². The molecule has 1 saturated heterocycles. The lowest BCUT2D eigenvalue weighted by Crippen LogP contribution is -2.43. The molecule has 1 aliphatic heterocycles. The Bertz CT molecular complexity index is 597. The van der Waals surface area contributed by atoms with Crippen LogP contribution in [0.3, 0.4) is 0 Å². The summed E-state index contributed by atoms with van der Waals surface area (Å²) in [5, 5.41) is 3.24. The second-order valence-corrected chi connectivity index (χ2v) is 7.63. The number of piperidine rings is 1. The summed E-state index contributed by atoms with van der Waals surface area (Å²) in [5.74, 6) is 1.50. The molecular weight excluding hydrogens is 397 g/mol. The Kier molecular flexibility index (Phi) is 11.2. The Morgan fingerprint density at radius 3 is 2.57 bits per heavy atom. The minimum Gasteiger partial charge on any atom is -0.496 e. The zero-order valence-electron chi connectivity index (χ0n) is 16.8. The van der Waals surface area contributed by atoms with Gasteiger partial charge in [-0.05, 0) is 57.3 Å². The van der Waals surface area contributed by atoms with Crippen molar-refractivity contribution in [1.29, 1.82) is 0 Å². The average Bonchev–Trinajstić information content (AvgIpc) is 3.18. The lowest BCUT2D eigenvalue weighted by molar-refractivity contribution is -0.126. The number of methoxy groups -OCH3 is 1. The number of hydrogen-bond acceptors (Lipinski definition) is 4. The first-order chi connectivity index (χ1) is 12.7. The number of amides is 1. The number of carbonyl (C=O) groups is 1. The van der Waals surface area contributed by atoms with Crippen molar-refractivity contribution in [1.82, 2.24) is 10.2 Å². The maximum atomic E-state index is 12.8. The summed E-state index contributed by atoms with van der Waals surface area (Å²) in [6, 6.07) is 8.35. The van der Waals surface area contributed by atoms with Crippen LogP contribution in [-0.2, 0) is 4.79 Å². The standard InChI is InChI=1S/C21H33N3O2.2ClH/c1-26-20-11-4-3-9-18(20)19(24-12-5-2-6-13-24)15-23-21(25)17-10-7-8-16(17)14-22;;/h3-4,9,11,16-17,19H,2,5-8,10,12-15,22H2,1H3,(H,23,25);2*1H/t16-,17-,19?;;/m1../s1. The number of nitrogens with one attached hydrogen (secondary N) is 1. The third kappa shape index (κ3) is 5.99. The molecule has 7 heteroatoms. The SMILES string of the molecule is COc1ccccc1C(CNC(=O)[C@@H]1CCC[C@@H]1CN)N1CCCCC1.Cl.Cl. The van der Waals surface area contributed by atoms with E-state index < -0.39 is 0 Å². The summed E-state index contributed by atoms with van der Waals surface area (Å²) in [7, 11) is 1.72. The first-order valence-electron chi connectivity index (χ1n) is 10.1. The van der Waals surface area contributed by atoms with Crippen LogP contribution in [0.5, 0.6) is 5.75 Å². The minimum atomic E-state index is 0. The zero-order valence-corrected chi connectivity index (χ0v) is 18.4. The normalized spacial score (nSPS) is 23.2. The van der Waals surface area contributed by atoms with Gasteiger partial charge in [0.25, 0.3) is 0 Å². The van der Waals surface area contributed by atoms with Crippen LogP contribution >= 0.6 is 24.8 Å². The van der Waals surface area contributed by atoms with E-state index in [9.17, 15) is 4.79 Å². The Morgan fingerprint density at radius 2 is 1.89 bits per heavy atom. The Morgan fingerprint density at radius 1 is 1.18 bits per heavy atom. The van der Waals surface area contributed by atoms with E-state index in [-0.39, 0.29) is 42.7 Å². The first kappa shape index (κ1) is 25.0. The molecule has 3 atom stereocenters. The Balaban J connectivity index is 0.00000196. The molecule has 1 aliphatic carbocycles. The summed E-state index contributed by atoms with van der Waals surface area (Å²) in [4.78, 5) is 15.3. The maximum absolute atomic E-state index is 12.8. The van der Waals surface area contributed by atoms with Crippen molar-refractivity contribution in [2.45, 2.75) is 44.6 Å². The molecule has 1 saturated carbocycles. The molecule has 3 N–H and O–H groups in total. The number of hydrogen-bond donors (Lipinski definition) is 2. The zero-order chi connectivity index (χ0) is 18.4. The summed E-state index contributed by atoms with van der Waals surface area (Å²) in [5.41, 5.74) is 7.02. The topological polar surface area (TPSA) is 67.6 Å². The second kappa shape index (κ2) is 12.5. The Hall–Kier alpha value is -1.01. The number of nitrogens with zero attached hydrogens (tertiary/aromatic N) is 1. The largest absolute Gasteiger partial charge is 0.496 e. The molecule has 1 amide bonds. The average molecular weight is 432 g/mol. The van der Waals surface area contributed by atoms with E-state index in [1.54, 1.807) is 7.11 Å². The molecule has 0 radical (unpaired) electrons. The molecular formula is C21H35Cl2N3O2. The van der Waals surface area contributed by atoms with Gasteiger partial charge in [-0.1, -0.05) is 31.0 Å². The van der Waals surface area contributed by atoms with Crippen LogP contribution in [0.1, 0.15) is 50.1 Å². The van der Waals surface area contributed by atoms with E-state index >= 15 is 0 Å². The number of carbonyl (C=O) groups excluding carboxylic acids is 1. The number of ether oxygens (including phenoxy) is 1. The van der Waals surface area contributed by atoms with Crippen molar-refractivity contribution in [2.24, 2.45) is 17.6 Å². The smallest absolute Gasteiger partial charge is 0.223 e. The molecule has 3 rings (SSSR count). The van der Waals surface area contributed by atoms with Crippen LogP contribution in [-0.4, -0.2) is 44.1 Å². The second-order valence-electron chi connectivity index (χ2n) is 7.63. The highest BCUT2D eigenvalue weighted by molar-refractivity contribution is 5.85. The van der Waals surface area contributed by atoms with Gasteiger partial charge in [-0.15, -0.1) is 24.8 Å². The van der Waals surface area contributed by atoms with Crippen LogP contribution in [0, 0.1) is 11.8 Å². The van der Waals surface area contributed by atoms with Crippen molar-refractivity contribution in [3.05, 3.63) is 29.8 Å². The van der Waals surface area contributed by atoms with Gasteiger partial charge in [0.05, 0.1) is 13.2 Å². The fourth-order valence-corrected chi connectivity index (χ4v) is 4.60. The lowest BCUT2D eigenvalue weighted by Gasteiger charge is -2.36. The minimum absolute atomic E-state index is 0. The highest BCUT2D eigenvalue weighted by atomic mass is 35.5. The highest BCUT2D eigenvalue weighted by Gasteiger charge is 2.33. The van der Waals surface area contributed by atoms with Gasteiger partial charge in [0.2, 0.25) is 5.91 Å². The van der Waals surface area contributed by atoms with Gasteiger partial charge in [-0.25, -0.2) is 0 Å². The summed E-state index contributed by atoms with van der Waals surface area (Å²) in [6.45, 7) is 3.40. The molecule has 0 aromatic heterocycles. The molecule has 0 bridgehead atoms. The maximum Gasteiger partial charge on any atom is 0.223 e. The summed E-state index contributed by atoms with van der Waals surface area (Å²) in [6.07, 6.45) is 6.89. The van der Waals surface area contributed by atoms with Gasteiger partial charge in [0, 0.05) is 18.0 Å². The van der Waals surface area contributed by atoms with Crippen LogP contribution in [0.2, 0.25) is 0 Å². The third-order valence-corrected chi connectivity index (χ3v) is 6.10. The fourth-order valence-electron chi connectivity index (χ4n) is 4.60. The van der Waals surface area contributed by atoms with E-state index in [4.69, 9.17) is 10.5 Å². The third-order valence-electron chi connectivity index (χ3n) is 6.10. The molecule has 2 fully saturated rings. The molecule has 28 heavy (non-hydrogen) atoms. The van der Waals surface area contributed by atoms with Crippen LogP contribution in [0.25, 0.3) is 0 Å².